The molecule has 0 aromatic heterocycles. The Morgan fingerprint density at radius 3 is 0.756 bits per heavy atom. The van der Waals surface area contributed by atoms with Crippen LogP contribution in [-0.4, -0.2) is 96.7 Å². The van der Waals surface area contributed by atoms with Crippen LogP contribution in [0.4, 0.5) is 0 Å². The minimum atomic E-state index is -4.95. The molecule has 0 aromatic carbocycles. The van der Waals surface area contributed by atoms with Crippen LogP contribution < -0.4 is 0 Å². The zero-order valence-electron chi connectivity index (χ0n) is 58.4. The topological polar surface area (TPSA) is 237 Å². The summed E-state index contributed by atoms with van der Waals surface area (Å²) in [7, 11) is -9.90. The van der Waals surface area contributed by atoms with E-state index in [1.807, 2.05) is 0 Å². The molecule has 0 fully saturated rings. The maximum absolute atomic E-state index is 13.0. The summed E-state index contributed by atoms with van der Waals surface area (Å²) in [6.45, 7) is 9.40. The molecule has 0 aromatic rings. The zero-order chi connectivity index (χ0) is 66.5. The molecule has 0 rings (SSSR count). The fraction of sp³-hybridized carbons (Fsp3) is 0.944. The molecule has 0 aliphatic rings. The van der Waals surface area contributed by atoms with Gasteiger partial charge in [-0.15, -0.1) is 0 Å². The third-order valence-corrected chi connectivity index (χ3v) is 18.4. The van der Waals surface area contributed by atoms with Crippen LogP contribution in [0.1, 0.15) is 363 Å². The first kappa shape index (κ1) is 88.1. The first-order chi connectivity index (χ1) is 43.4. The van der Waals surface area contributed by atoms with Gasteiger partial charge < -0.3 is 33.8 Å². The van der Waals surface area contributed by atoms with E-state index in [9.17, 15) is 43.2 Å². The Labute approximate surface area is 549 Å². The van der Waals surface area contributed by atoms with E-state index < -0.39 is 97.5 Å². The fourth-order valence-corrected chi connectivity index (χ4v) is 12.3. The third-order valence-electron chi connectivity index (χ3n) is 16.5. The van der Waals surface area contributed by atoms with Crippen molar-refractivity contribution in [2.24, 2.45) is 11.8 Å². The summed E-state index contributed by atoms with van der Waals surface area (Å²) in [5.74, 6) is -0.735. The van der Waals surface area contributed by atoms with Crippen molar-refractivity contribution in [3.05, 3.63) is 0 Å². The van der Waals surface area contributed by atoms with Crippen molar-refractivity contribution in [1.82, 2.24) is 0 Å². The first-order valence-corrected chi connectivity index (χ1v) is 40.0. The molecule has 0 spiro atoms. The highest BCUT2D eigenvalue weighted by molar-refractivity contribution is 7.47. The Morgan fingerprint density at radius 2 is 0.511 bits per heavy atom. The van der Waals surface area contributed by atoms with Crippen molar-refractivity contribution >= 4 is 39.5 Å². The number of phosphoric acid groups is 2. The number of unbranched alkanes of at least 4 members (excludes halogenated alkanes) is 40. The maximum Gasteiger partial charge on any atom is 0.472 e. The normalized spacial score (nSPS) is 14.1. The third kappa shape index (κ3) is 64.8. The van der Waals surface area contributed by atoms with Crippen LogP contribution in [0, 0.1) is 11.8 Å². The van der Waals surface area contributed by atoms with Gasteiger partial charge in [0.1, 0.15) is 19.3 Å². The number of rotatable bonds is 70. The van der Waals surface area contributed by atoms with Crippen molar-refractivity contribution in [2.75, 3.05) is 39.6 Å². The van der Waals surface area contributed by atoms with Crippen molar-refractivity contribution in [2.45, 2.75) is 381 Å². The molecule has 0 radical (unpaired) electrons. The lowest BCUT2D eigenvalue weighted by Gasteiger charge is -2.21. The highest BCUT2D eigenvalue weighted by Crippen LogP contribution is 2.45. The minimum absolute atomic E-state index is 0.102. The van der Waals surface area contributed by atoms with E-state index >= 15 is 0 Å². The SMILES string of the molecule is CCCCCCCCCCCCCCCCCCCCCCCC(=O)O[C@H](COC(=O)CCCCCCCCCCC(C)C)COP(=O)(O)OC[C@@H](O)COP(=O)(O)OC[C@@H](COC(=O)CCCCCCCCCCC)OC(=O)CCCCCCCCC(C)C. The van der Waals surface area contributed by atoms with Crippen LogP contribution >= 0.6 is 15.6 Å². The lowest BCUT2D eigenvalue weighted by Crippen LogP contribution is -2.30. The Hall–Kier alpha value is -1.94. The largest absolute Gasteiger partial charge is 0.472 e. The van der Waals surface area contributed by atoms with Crippen molar-refractivity contribution in [3.8, 4) is 0 Å². The number of carbonyl (C=O) groups excluding carboxylic acids is 4. The zero-order valence-corrected chi connectivity index (χ0v) is 60.2. The van der Waals surface area contributed by atoms with E-state index in [-0.39, 0.29) is 25.7 Å². The molecule has 0 bridgehead atoms. The van der Waals surface area contributed by atoms with Gasteiger partial charge in [-0.05, 0) is 37.5 Å². The quantitative estimate of drug-likeness (QED) is 0.0222. The Balaban J connectivity index is 5.14. The van der Waals surface area contributed by atoms with Crippen LogP contribution in [0.25, 0.3) is 0 Å². The first-order valence-electron chi connectivity index (χ1n) is 37.0. The average molecular weight is 1330 g/mol. The van der Waals surface area contributed by atoms with Crippen LogP contribution in [0.15, 0.2) is 0 Å². The molecule has 534 valence electrons. The van der Waals surface area contributed by atoms with Crippen molar-refractivity contribution in [1.29, 1.82) is 0 Å². The second kappa shape index (κ2) is 63.1. The van der Waals surface area contributed by atoms with Gasteiger partial charge in [0.25, 0.3) is 0 Å². The predicted octanol–water partition coefficient (Wildman–Crippen LogP) is 20.4. The number of phosphoric ester groups is 2. The molecule has 90 heavy (non-hydrogen) atoms. The average Bonchev–Trinajstić information content (AvgIpc) is 3.25. The molecule has 0 aliphatic carbocycles. The molecule has 0 saturated heterocycles. The molecule has 17 nitrogen and oxygen atoms in total. The highest BCUT2D eigenvalue weighted by atomic mass is 31.2. The second-order valence-corrected chi connectivity index (χ2v) is 29.5. The maximum atomic E-state index is 13.0. The van der Waals surface area contributed by atoms with Gasteiger partial charge in [0.15, 0.2) is 12.2 Å². The van der Waals surface area contributed by atoms with Crippen LogP contribution in [-0.2, 0) is 65.4 Å². The van der Waals surface area contributed by atoms with Gasteiger partial charge in [-0.1, -0.05) is 311 Å². The monoisotopic (exact) mass is 1320 g/mol. The van der Waals surface area contributed by atoms with E-state index in [0.29, 0.717) is 31.6 Å². The minimum Gasteiger partial charge on any atom is -0.462 e. The smallest absolute Gasteiger partial charge is 0.462 e. The van der Waals surface area contributed by atoms with Crippen LogP contribution in [0.2, 0.25) is 0 Å². The van der Waals surface area contributed by atoms with Gasteiger partial charge in [-0.2, -0.15) is 0 Å². The number of carbonyl (C=O) groups is 4. The van der Waals surface area contributed by atoms with Crippen LogP contribution in [0.3, 0.4) is 0 Å². The molecule has 0 aliphatic heterocycles. The molecular weight excluding hydrogens is 1190 g/mol. The lowest BCUT2D eigenvalue weighted by atomic mass is 10.0. The van der Waals surface area contributed by atoms with Crippen molar-refractivity contribution in [3.63, 3.8) is 0 Å². The van der Waals surface area contributed by atoms with Crippen molar-refractivity contribution < 1.29 is 80.2 Å². The molecule has 0 amide bonds. The van der Waals surface area contributed by atoms with Gasteiger partial charge in [0.05, 0.1) is 26.4 Å². The number of ether oxygens (including phenoxy) is 4. The molecule has 0 heterocycles. The van der Waals surface area contributed by atoms with Gasteiger partial charge in [-0.3, -0.25) is 37.3 Å². The van der Waals surface area contributed by atoms with E-state index in [0.717, 1.165) is 95.8 Å². The van der Waals surface area contributed by atoms with E-state index in [2.05, 4.69) is 41.5 Å². The number of hydrogen-bond donors (Lipinski definition) is 3. The fourth-order valence-electron chi connectivity index (χ4n) is 10.8. The Kier molecular flexibility index (Phi) is 61.8. The molecular formula is C71H138O17P2. The number of esters is 4. The highest BCUT2D eigenvalue weighted by Gasteiger charge is 2.30. The summed E-state index contributed by atoms with van der Waals surface area (Å²) >= 11 is 0. The molecule has 2 unspecified atom stereocenters. The molecule has 3 N–H and O–H groups in total. The number of aliphatic hydroxyl groups is 1. The number of aliphatic hydroxyl groups excluding tert-OH is 1. The summed E-state index contributed by atoms with van der Waals surface area (Å²) in [5, 5.41) is 10.6. The second-order valence-electron chi connectivity index (χ2n) is 26.6. The van der Waals surface area contributed by atoms with E-state index in [1.54, 1.807) is 0 Å². The molecule has 19 heteroatoms. The predicted molar refractivity (Wildman–Crippen MR) is 363 cm³/mol. The number of hydrogen-bond acceptors (Lipinski definition) is 15. The summed E-state index contributed by atoms with van der Waals surface area (Å²) in [5.41, 5.74) is 0. The Morgan fingerprint density at radius 1 is 0.300 bits per heavy atom. The van der Waals surface area contributed by atoms with Gasteiger partial charge in [0.2, 0.25) is 0 Å². The van der Waals surface area contributed by atoms with E-state index in [1.165, 1.54) is 180 Å². The standard InChI is InChI=1S/C71H138O17P2/c1-7-9-11-13-15-17-18-19-20-21-22-23-24-25-26-27-28-30-36-43-49-55-70(75)87-66(59-82-69(74)54-48-42-35-32-31-33-39-45-51-63(3)4)61-85-89(77,78)83-57-65(72)58-84-90(79,80)86-62-67(88-71(76)56-50-44-38-37-40-46-52-64(5)6)60-81-68(73)53-47-41-34-29-16-14-12-10-8-2/h63-67,72H,7-62H2,1-6H3,(H,77,78)(H,79,80)/t65-,66-,67-/m1/s1. The van der Waals surface area contributed by atoms with Gasteiger partial charge >= 0.3 is 39.5 Å². The van der Waals surface area contributed by atoms with Gasteiger partial charge in [0, 0.05) is 25.7 Å². The van der Waals surface area contributed by atoms with Gasteiger partial charge in [-0.25, -0.2) is 9.13 Å². The Bertz CT molecular complexity index is 1750. The summed E-state index contributed by atoms with van der Waals surface area (Å²) in [4.78, 5) is 72.4. The molecule has 0 saturated carbocycles. The summed E-state index contributed by atoms with van der Waals surface area (Å²) in [6.07, 6.45) is 49.0. The molecule has 5 atom stereocenters. The van der Waals surface area contributed by atoms with E-state index in [4.69, 9.17) is 37.0 Å². The lowest BCUT2D eigenvalue weighted by molar-refractivity contribution is -0.161. The summed E-state index contributed by atoms with van der Waals surface area (Å²) in [6, 6.07) is 0. The van der Waals surface area contributed by atoms with Crippen LogP contribution in [0.5, 0.6) is 0 Å². The summed E-state index contributed by atoms with van der Waals surface area (Å²) < 4.78 is 68.2.